The van der Waals surface area contributed by atoms with E-state index in [9.17, 15) is 5.11 Å². The molecular formula is C18H32N4O2. The van der Waals surface area contributed by atoms with Gasteiger partial charge in [-0.1, -0.05) is 37.3 Å². The Kier molecular flexibility index (Phi) is 6.74. The Hall–Kier alpha value is -1.02. The standard InChI is InChI=1S/C18H32N4O2/c1-5-17(19-2)13-16(23)14-18(20-3,21-4)22(17)24-12-11-15-9-7-6-8-10-15/h6-10,16,19-21,23H,5,11-14H2,1-4H3. The maximum absolute atomic E-state index is 10.4. The van der Waals surface area contributed by atoms with Gasteiger partial charge in [0, 0.05) is 12.8 Å². The smallest absolute Gasteiger partial charge is 0.152 e. The van der Waals surface area contributed by atoms with E-state index in [0.717, 1.165) is 12.8 Å². The fourth-order valence-electron chi connectivity index (χ4n) is 3.67. The summed E-state index contributed by atoms with van der Waals surface area (Å²) in [6.07, 6.45) is 2.42. The van der Waals surface area contributed by atoms with Gasteiger partial charge in [-0.2, -0.15) is 0 Å². The molecule has 136 valence electrons. The molecule has 2 unspecified atom stereocenters. The summed E-state index contributed by atoms with van der Waals surface area (Å²) in [5.41, 5.74) is 0.820. The number of aliphatic hydroxyl groups excluding tert-OH is 1. The Bertz CT molecular complexity index is 467. The molecule has 1 fully saturated rings. The quantitative estimate of drug-likeness (QED) is 0.532. The zero-order valence-corrected chi connectivity index (χ0v) is 15.3. The predicted octanol–water partition coefficient (Wildman–Crippen LogP) is 1.04. The van der Waals surface area contributed by atoms with Crippen molar-refractivity contribution in [2.75, 3.05) is 27.7 Å². The minimum atomic E-state index is -0.618. The molecule has 6 heteroatoms. The zero-order valence-electron chi connectivity index (χ0n) is 15.3. The minimum Gasteiger partial charge on any atom is -0.393 e. The summed E-state index contributed by atoms with van der Waals surface area (Å²) in [5.74, 6) is -0.618. The van der Waals surface area contributed by atoms with Gasteiger partial charge in [0.2, 0.25) is 0 Å². The predicted molar refractivity (Wildman–Crippen MR) is 96.1 cm³/mol. The maximum Gasteiger partial charge on any atom is 0.152 e. The number of piperidine rings is 1. The highest BCUT2D eigenvalue weighted by Crippen LogP contribution is 2.36. The molecule has 1 heterocycles. The highest BCUT2D eigenvalue weighted by molar-refractivity contribution is 5.14. The monoisotopic (exact) mass is 336 g/mol. The lowest BCUT2D eigenvalue weighted by atomic mass is 9.88. The maximum atomic E-state index is 10.4. The largest absolute Gasteiger partial charge is 0.393 e. The zero-order chi connectivity index (χ0) is 17.6. The van der Waals surface area contributed by atoms with E-state index in [-0.39, 0.29) is 0 Å². The molecule has 0 saturated carbocycles. The van der Waals surface area contributed by atoms with Crippen LogP contribution in [0.15, 0.2) is 30.3 Å². The topological polar surface area (TPSA) is 68.8 Å². The highest BCUT2D eigenvalue weighted by atomic mass is 16.7. The fourth-order valence-corrected chi connectivity index (χ4v) is 3.67. The molecule has 1 aromatic carbocycles. The second kappa shape index (κ2) is 8.38. The summed E-state index contributed by atoms with van der Waals surface area (Å²) in [5, 5.41) is 22.4. The van der Waals surface area contributed by atoms with E-state index in [2.05, 4.69) is 35.0 Å². The van der Waals surface area contributed by atoms with Crippen molar-refractivity contribution in [3.63, 3.8) is 0 Å². The Morgan fingerprint density at radius 2 is 1.79 bits per heavy atom. The van der Waals surface area contributed by atoms with Crippen molar-refractivity contribution < 1.29 is 9.94 Å². The molecule has 1 saturated heterocycles. The Morgan fingerprint density at radius 3 is 2.33 bits per heavy atom. The van der Waals surface area contributed by atoms with Crippen LogP contribution in [0.2, 0.25) is 0 Å². The minimum absolute atomic E-state index is 0.411. The van der Waals surface area contributed by atoms with Crippen LogP contribution in [0.25, 0.3) is 0 Å². The molecule has 0 spiro atoms. The van der Waals surface area contributed by atoms with Crippen LogP contribution < -0.4 is 16.0 Å². The number of nitrogens with zero attached hydrogens (tertiary/aromatic N) is 1. The first-order valence-corrected chi connectivity index (χ1v) is 8.78. The molecule has 0 radical (unpaired) electrons. The number of aliphatic hydroxyl groups is 1. The van der Waals surface area contributed by atoms with Crippen molar-refractivity contribution in [2.45, 2.75) is 50.2 Å². The average molecular weight is 336 g/mol. The van der Waals surface area contributed by atoms with Gasteiger partial charge >= 0.3 is 0 Å². The molecule has 0 aromatic heterocycles. The van der Waals surface area contributed by atoms with Crippen LogP contribution in [0.1, 0.15) is 31.7 Å². The van der Waals surface area contributed by atoms with Crippen molar-refractivity contribution in [1.29, 1.82) is 0 Å². The molecule has 1 aliphatic heterocycles. The van der Waals surface area contributed by atoms with Crippen molar-refractivity contribution in [3.05, 3.63) is 35.9 Å². The first-order chi connectivity index (χ1) is 11.6. The number of rotatable bonds is 8. The molecule has 1 aromatic rings. The second-order valence-electron chi connectivity index (χ2n) is 6.42. The fraction of sp³-hybridized carbons (Fsp3) is 0.667. The lowest BCUT2D eigenvalue weighted by Crippen LogP contribution is -2.78. The van der Waals surface area contributed by atoms with Gasteiger partial charge in [-0.3, -0.25) is 15.5 Å². The normalized spacial score (nSPS) is 27.3. The SMILES string of the molecule is CCC1(NC)CC(O)CC(NC)(NC)N1OCCc1ccccc1. The van der Waals surface area contributed by atoms with Crippen molar-refractivity contribution in [2.24, 2.45) is 0 Å². The van der Waals surface area contributed by atoms with Crippen LogP contribution in [0.5, 0.6) is 0 Å². The van der Waals surface area contributed by atoms with E-state index >= 15 is 0 Å². The number of benzene rings is 1. The summed E-state index contributed by atoms with van der Waals surface area (Å²) in [4.78, 5) is 6.27. The van der Waals surface area contributed by atoms with Crippen LogP contribution in [-0.4, -0.2) is 55.5 Å². The van der Waals surface area contributed by atoms with Crippen LogP contribution in [-0.2, 0) is 11.3 Å². The third-order valence-corrected chi connectivity index (χ3v) is 5.17. The van der Waals surface area contributed by atoms with E-state index in [4.69, 9.17) is 4.84 Å². The first kappa shape index (κ1) is 19.3. The summed E-state index contributed by atoms with van der Waals surface area (Å²) in [7, 11) is 5.70. The Labute approximate surface area is 145 Å². The summed E-state index contributed by atoms with van der Waals surface area (Å²) >= 11 is 0. The molecule has 24 heavy (non-hydrogen) atoms. The van der Waals surface area contributed by atoms with Gasteiger partial charge in [0.05, 0.1) is 12.7 Å². The number of hydroxylamine groups is 2. The van der Waals surface area contributed by atoms with Crippen molar-refractivity contribution >= 4 is 0 Å². The third kappa shape index (κ3) is 3.79. The summed E-state index contributed by atoms with van der Waals surface area (Å²) in [6.45, 7) is 2.69. The molecule has 4 N–H and O–H groups in total. The molecule has 2 atom stereocenters. The lowest BCUT2D eigenvalue weighted by Gasteiger charge is -2.57. The van der Waals surface area contributed by atoms with Gasteiger partial charge in [0.1, 0.15) is 5.66 Å². The second-order valence-corrected chi connectivity index (χ2v) is 6.42. The first-order valence-electron chi connectivity index (χ1n) is 8.78. The van der Waals surface area contributed by atoms with Crippen LogP contribution in [0.4, 0.5) is 0 Å². The lowest BCUT2D eigenvalue weighted by molar-refractivity contribution is -0.329. The van der Waals surface area contributed by atoms with Gasteiger partial charge in [0.15, 0.2) is 5.79 Å². The van der Waals surface area contributed by atoms with E-state index in [1.807, 2.05) is 44.4 Å². The Balaban J connectivity index is 2.18. The van der Waals surface area contributed by atoms with E-state index in [0.29, 0.717) is 19.4 Å². The Morgan fingerprint density at radius 1 is 1.12 bits per heavy atom. The van der Waals surface area contributed by atoms with Gasteiger partial charge < -0.3 is 10.4 Å². The van der Waals surface area contributed by atoms with Crippen LogP contribution in [0, 0.1) is 0 Å². The van der Waals surface area contributed by atoms with E-state index in [1.54, 1.807) is 0 Å². The van der Waals surface area contributed by atoms with Crippen LogP contribution in [0.3, 0.4) is 0 Å². The number of nitrogens with one attached hydrogen (secondary N) is 3. The molecular weight excluding hydrogens is 304 g/mol. The summed E-state index contributed by atoms with van der Waals surface area (Å²) < 4.78 is 0. The summed E-state index contributed by atoms with van der Waals surface area (Å²) in [6, 6.07) is 10.3. The average Bonchev–Trinajstić information content (AvgIpc) is 2.63. The number of hydrogen-bond donors (Lipinski definition) is 4. The van der Waals surface area contributed by atoms with E-state index in [1.165, 1.54) is 5.56 Å². The number of hydrogen-bond acceptors (Lipinski definition) is 6. The molecule has 1 aliphatic rings. The van der Waals surface area contributed by atoms with Gasteiger partial charge in [0.25, 0.3) is 0 Å². The highest BCUT2D eigenvalue weighted by Gasteiger charge is 2.53. The van der Waals surface area contributed by atoms with E-state index < -0.39 is 17.6 Å². The molecule has 6 nitrogen and oxygen atoms in total. The van der Waals surface area contributed by atoms with Gasteiger partial charge in [-0.25, -0.2) is 0 Å². The van der Waals surface area contributed by atoms with Crippen LogP contribution >= 0.6 is 0 Å². The molecule has 2 rings (SSSR count). The van der Waals surface area contributed by atoms with Gasteiger partial charge in [-0.15, -0.1) is 5.06 Å². The van der Waals surface area contributed by atoms with Crippen molar-refractivity contribution in [1.82, 2.24) is 21.0 Å². The third-order valence-electron chi connectivity index (χ3n) is 5.17. The molecule has 0 amide bonds. The molecule has 0 bridgehead atoms. The molecule has 0 aliphatic carbocycles. The van der Waals surface area contributed by atoms with Gasteiger partial charge in [-0.05, 0) is 39.5 Å². The van der Waals surface area contributed by atoms with Crippen molar-refractivity contribution in [3.8, 4) is 0 Å².